The van der Waals surface area contributed by atoms with Gasteiger partial charge in [-0.3, -0.25) is 14.9 Å². The number of nitro groups is 1. The van der Waals surface area contributed by atoms with Crippen LogP contribution in [0.25, 0.3) is 16.3 Å². The first-order valence-corrected chi connectivity index (χ1v) is 9.97. The van der Waals surface area contributed by atoms with Crippen molar-refractivity contribution in [2.45, 2.75) is 33.2 Å². The Morgan fingerprint density at radius 3 is 2.61 bits per heavy atom. The molecule has 6 nitrogen and oxygen atoms in total. The lowest BCUT2D eigenvalue weighted by molar-refractivity contribution is -0.384. The highest BCUT2D eigenvalue weighted by atomic mass is 32.1. The molecule has 0 radical (unpaired) electrons. The summed E-state index contributed by atoms with van der Waals surface area (Å²) in [5, 5.41) is 10.7. The van der Waals surface area contributed by atoms with Crippen LogP contribution < -0.4 is 4.80 Å². The molecular weight excluding hydrogens is 374 g/mol. The maximum absolute atomic E-state index is 12.3. The SMILES string of the molecule is CCCn1c(=NC(=O)/C=C/c2ccc([N+](=O)[O-])cc2)sc2cc(CC)ccc21. The van der Waals surface area contributed by atoms with E-state index in [1.54, 1.807) is 18.2 Å². The van der Waals surface area contributed by atoms with Crippen LogP contribution in [-0.4, -0.2) is 15.4 Å². The third kappa shape index (κ3) is 4.43. The van der Waals surface area contributed by atoms with Crippen molar-refractivity contribution in [3.63, 3.8) is 0 Å². The number of non-ortho nitro benzene ring substituents is 1. The van der Waals surface area contributed by atoms with Gasteiger partial charge in [-0.05, 0) is 54.3 Å². The van der Waals surface area contributed by atoms with E-state index in [2.05, 4.69) is 41.6 Å². The second-order valence-electron chi connectivity index (χ2n) is 6.32. The van der Waals surface area contributed by atoms with Gasteiger partial charge in [0.25, 0.3) is 11.6 Å². The largest absolute Gasteiger partial charge is 0.316 e. The summed E-state index contributed by atoms with van der Waals surface area (Å²) in [7, 11) is 0. The van der Waals surface area contributed by atoms with Crippen LogP contribution in [-0.2, 0) is 17.8 Å². The quantitative estimate of drug-likeness (QED) is 0.344. The van der Waals surface area contributed by atoms with Crippen molar-refractivity contribution in [2.24, 2.45) is 4.99 Å². The lowest BCUT2D eigenvalue weighted by Gasteiger charge is -2.03. The van der Waals surface area contributed by atoms with E-state index in [1.807, 2.05) is 0 Å². The molecule has 0 saturated carbocycles. The molecule has 0 spiro atoms. The molecule has 0 saturated heterocycles. The van der Waals surface area contributed by atoms with Crippen LogP contribution in [0.15, 0.2) is 53.5 Å². The Labute approximate surface area is 166 Å². The first-order chi connectivity index (χ1) is 13.5. The van der Waals surface area contributed by atoms with Gasteiger partial charge in [0.1, 0.15) is 0 Å². The van der Waals surface area contributed by atoms with Crippen LogP contribution in [0.4, 0.5) is 5.69 Å². The summed E-state index contributed by atoms with van der Waals surface area (Å²) < 4.78 is 3.20. The number of nitro benzene ring substituents is 1. The smallest absolute Gasteiger partial charge is 0.272 e. The molecule has 3 rings (SSSR count). The van der Waals surface area contributed by atoms with Crippen LogP contribution >= 0.6 is 11.3 Å². The second kappa shape index (κ2) is 8.75. The maximum Gasteiger partial charge on any atom is 0.272 e. The number of rotatable bonds is 6. The third-order valence-corrected chi connectivity index (χ3v) is 5.37. The molecule has 0 fully saturated rings. The number of carbonyl (C=O) groups is 1. The zero-order chi connectivity index (χ0) is 20.1. The highest BCUT2D eigenvalue weighted by Crippen LogP contribution is 2.20. The topological polar surface area (TPSA) is 77.5 Å². The van der Waals surface area contributed by atoms with Crippen LogP contribution in [0.3, 0.4) is 0 Å². The number of fused-ring (bicyclic) bond motifs is 1. The van der Waals surface area contributed by atoms with Gasteiger partial charge in [0.2, 0.25) is 0 Å². The Morgan fingerprint density at radius 1 is 1.21 bits per heavy atom. The molecule has 0 aliphatic carbocycles. The average Bonchev–Trinajstić information content (AvgIpc) is 3.03. The number of aryl methyl sites for hydroxylation is 2. The van der Waals surface area contributed by atoms with Crippen molar-refractivity contribution in [2.75, 3.05) is 0 Å². The molecule has 7 heteroatoms. The highest BCUT2D eigenvalue weighted by Gasteiger charge is 2.07. The molecule has 3 aromatic rings. The highest BCUT2D eigenvalue weighted by molar-refractivity contribution is 7.16. The van der Waals surface area contributed by atoms with E-state index in [-0.39, 0.29) is 11.6 Å². The van der Waals surface area contributed by atoms with Crippen LogP contribution in [0.1, 0.15) is 31.4 Å². The van der Waals surface area contributed by atoms with E-state index in [9.17, 15) is 14.9 Å². The Kier molecular flexibility index (Phi) is 6.16. The van der Waals surface area contributed by atoms with Gasteiger partial charge in [-0.25, -0.2) is 0 Å². The second-order valence-corrected chi connectivity index (χ2v) is 7.33. The molecule has 144 valence electrons. The number of aromatic nitrogens is 1. The zero-order valence-corrected chi connectivity index (χ0v) is 16.6. The number of hydrogen-bond acceptors (Lipinski definition) is 4. The summed E-state index contributed by atoms with van der Waals surface area (Å²) in [6.45, 7) is 5.01. The lowest BCUT2D eigenvalue weighted by atomic mass is 10.2. The van der Waals surface area contributed by atoms with Crippen molar-refractivity contribution in [1.82, 2.24) is 4.57 Å². The van der Waals surface area contributed by atoms with Gasteiger partial charge in [-0.1, -0.05) is 31.3 Å². The monoisotopic (exact) mass is 395 g/mol. The van der Waals surface area contributed by atoms with E-state index >= 15 is 0 Å². The molecule has 28 heavy (non-hydrogen) atoms. The fourth-order valence-corrected chi connectivity index (χ4v) is 3.99. The van der Waals surface area contributed by atoms with Gasteiger partial charge < -0.3 is 4.57 Å². The van der Waals surface area contributed by atoms with Gasteiger partial charge >= 0.3 is 0 Å². The number of benzene rings is 2. The van der Waals surface area contributed by atoms with E-state index in [0.717, 1.165) is 29.6 Å². The van der Waals surface area contributed by atoms with Gasteiger partial charge in [0.05, 0.1) is 15.1 Å². The van der Waals surface area contributed by atoms with Crippen LogP contribution in [0.5, 0.6) is 0 Å². The first-order valence-electron chi connectivity index (χ1n) is 9.15. The number of thiazole rings is 1. The molecule has 0 unspecified atom stereocenters. The zero-order valence-electron chi connectivity index (χ0n) is 15.8. The van der Waals surface area contributed by atoms with Crippen molar-refractivity contribution in [3.05, 3.63) is 74.6 Å². The molecule has 0 N–H and O–H groups in total. The maximum atomic E-state index is 12.3. The Balaban J connectivity index is 1.90. The van der Waals surface area contributed by atoms with Gasteiger partial charge in [-0.15, -0.1) is 0 Å². The number of nitrogens with zero attached hydrogens (tertiary/aromatic N) is 3. The molecule has 1 amide bonds. The molecule has 2 aromatic carbocycles. The Bertz CT molecular complexity index is 1110. The van der Waals surface area contributed by atoms with Crippen molar-refractivity contribution < 1.29 is 9.72 Å². The summed E-state index contributed by atoms with van der Waals surface area (Å²) in [5.74, 6) is -0.356. The molecule has 1 aromatic heterocycles. The molecule has 0 atom stereocenters. The average molecular weight is 395 g/mol. The number of amides is 1. The fraction of sp³-hybridized carbons (Fsp3) is 0.238. The molecule has 0 aliphatic heterocycles. The predicted octanol–water partition coefficient (Wildman–Crippen LogP) is 4.72. The van der Waals surface area contributed by atoms with Crippen molar-refractivity contribution in [1.29, 1.82) is 0 Å². The molecule has 0 aliphatic rings. The molecular formula is C21H21N3O3S. The van der Waals surface area contributed by atoms with E-state index in [1.165, 1.54) is 35.1 Å². The summed E-state index contributed by atoms with van der Waals surface area (Å²) in [4.78, 5) is 27.6. The minimum Gasteiger partial charge on any atom is -0.316 e. The number of carbonyl (C=O) groups excluding carboxylic acids is 1. The van der Waals surface area contributed by atoms with Gasteiger partial charge in [-0.2, -0.15) is 4.99 Å². The third-order valence-electron chi connectivity index (χ3n) is 4.33. The predicted molar refractivity (Wildman–Crippen MR) is 112 cm³/mol. The lowest BCUT2D eigenvalue weighted by Crippen LogP contribution is -2.16. The number of hydrogen-bond donors (Lipinski definition) is 0. The van der Waals surface area contributed by atoms with Crippen molar-refractivity contribution >= 4 is 39.2 Å². The van der Waals surface area contributed by atoms with E-state index in [4.69, 9.17) is 0 Å². The molecule has 1 heterocycles. The van der Waals surface area contributed by atoms with Gasteiger partial charge in [0.15, 0.2) is 4.80 Å². The first kappa shape index (κ1) is 19.7. The van der Waals surface area contributed by atoms with Crippen LogP contribution in [0.2, 0.25) is 0 Å². The summed E-state index contributed by atoms with van der Waals surface area (Å²) in [5.41, 5.74) is 3.08. The summed E-state index contributed by atoms with van der Waals surface area (Å²) in [6.07, 6.45) is 4.91. The van der Waals surface area contributed by atoms with Crippen LogP contribution in [0, 0.1) is 10.1 Å². The Morgan fingerprint density at radius 2 is 1.96 bits per heavy atom. The fourth-order valence-electron chi connectivity index (χ4n) is 2.87. The van der Waals surface area contributed by atoms with Gasteiger partial charge in [0, 0.05) is 24.8 Å². The summed E-state index contributed by atoms with van der Waals surface area (Å²) >= 11 is 1.52. The minimum absolute atomic E-state index is 0.0190. The molecule has 0 bridgehead atoms. The Hall–Kier alpha value is -3.06. The minimum atomic E-state index is -0.453. The van der Waals surface area contributed by atoms with Crippen molar-refractivity contribution in [3.8, 4) is 0 Å². The van der Waals surface area contributed by atoms with E-state index < -0.39 is 4.92 Å². The van der Waals surface area contributed by atoms with E-state index in [0.29, 0.717) is 10.4 Å². The standard InChI is InChI=1S/C21H21N3O3S/c1-3-13-23-18-11-7-15(4-2)14-19(18)28-21(23)22-20(25)12-8-16-5-9-17(10-6-16)24(26)27/h5-12,14H,3-4,13H2,1-2H3/b12-8+,22-21?. The normalized spacial score (nSPS) is 12.1. The summed E-state index contributed by atoms with van der Waals surface area (Å²) in [6, 6.07) is 12.4.